The quantitative estimate of drug-likeness (QED) is 0.703. The smallest absolute Gasteiger partial charge is 0.410 e. The van der Waals surface area contributed by atoms with Crippen molar-refractivity contribution < 1.29 is 22.7 Å². The molecule has 4 aliphatic heterocycles. The number of nitrogens with zero attached hydrogens (tertiary/aromatic N) is 2. The Bertz CT molecular complexity index is 975. The van der Waals surface area contributed by atoms with E-state index >= 15 is 0 Å². The van der Waals surface area contributed by atoms with Gasteiger partial charge in [0.2, 0.25) is 10.0 Å². The second kappa shape index (κ2) is 6.30. The first kappa shape index (κ1) is 19.1. The van der Waals surface area contributed by atoms with Gasteiger partial charge in [-0.15, -0.1) is 6.58 Å². The van der Waals surface area contributed by atoms with Gasteiger partial charge >= 0.3 is 6.09 Å². The number of amides is 1. The SMILES string of the molecule is C=C(C)C[C@H]1CN2C(=O)O[C@H]3CO[C@@H]4N(S(=O)(=O)c5ccc(C)cc5)CC[C@@H]1[C@]342. The minimum Gasteiger partial charge on any atom is -0.441 e. The lowest BCUT2D eigenvalue weighted by Crippen LogP contribution is -2.66. The molecule has 0 aromatic heterocycles. The van der Waals surface area contributed by atoms with Gasteiger partial charge in [-0.1, -0.05) is 23.3 Å². The number of piperidine rings is 1. The summed E-state index contributed by atoms with van der Waals surface area (Å²) in [6, 6.07) is 6.85. The number of carbonyl (C=O) groups excluding carboxylic acids is 1. The Balaban J connectivity index is 1.57. The highest BCUT2D eigenvalue weighted by Gasteiger charge is 2.75. The summed E-state index contributed by atoms with van der Waals surface area (Å²) in [7, 11) is -3.76. The number of aryl methyl sites for hydroxylation is 1. The van der Waals surface area contributed by atoms with Crippen LogP contribution < -0.4 is 0 Å². The van der Waals surface area contributed by atoms with Gasteiger partial charge in [-0.25, -0.2) is 13.2 Å². The van der Waals surface area contributed by atoms with Gasteiger partial charge in [0.05, 0.1) is 11.5 Å². The fourth-order valence-electron chi connectivity index (χ4n) is 5.89. The lowest BCUT2D eigenvalue weighted by atomic mass is 9.71. The van der Waals surface area contributed by atoms with E-state index in [-0.39, 0.29) is 29.4 Å². The van der Waals surface area contributed by atoms with Gasteiger partial charge < -0.3 is 9.47 Å². The summed E-state index contributed by atoms with van der Waals surface area (Å²) in [6.45, 7) is 9.12. The van der Waals surface area contributed by atoms with Crippen LogP contribution in [0.3, 0.4) is 0 Å². The summed E-state index contributed by atoms with van der Waals surface area (Å²) in [4.78, 5) is 14.7. The summed E-state index contributed by atoms with van der Waals surface area (Å²) in [5, 5.41) is 0. The van der Waals surface area contributed by atoms with E-state index in [0.29, 0.717) is 19.5 Å². The van der Waals surface area contributed by atoms with Crippen molar-refractivity contribution in [1.29, 1.82) is 0 Å². The highest BCUT2D eigenvalue weighted by atomic mass is 32.2. The number of carbonyl (C=O) groups is 1. The second-order valence-electron chi connectivity index (χ2n) is 8.80. The van der Waals surface area contributed by atoms with Crippen LogP contribution >= 0.6 is 0 Å². The van der Waals surface area contributed by atoms with Crippen molar-refractivity contribution >= 4 is 16.1 Å². The number of hydrogen-bond donors (Lipinski definition) is 0. The Morgan fingerprint density at radius 1 is 1.31 bits per heavy atom. The molecule has 1 aromatic carbocycles. The molecule has 0 bridgehead atoms. The Hall–Kier alpha value is -1.90. The summed E-state index contributed by atoms with van der Waals surface area (Å²) < 4.78 is 40.1. The molecule has 7 nitrogen and oxygen atoms in total. The van der Waals surface area contributed by atoms with Crippen molar-refractivity contribution in [1.82, 2.24) is 9.21 Å². The maximum atomic E-state index is 13.5. The first-order valence-electron chi connectivity index (χ1n) is 10.1. The average Bonchev–Trinajstić information content (AvgIpc) is 3.26. The molecule has 0 aliphatic carbocycles. The predicted molar refractivity (Wildman–Crippen MR) is 106 cm³/mol. The Kier molecular flexibility index (Phi) is 4.14. The Morgan fingerprint density at radius 2 is 2.03 bits per heavy atom. The van der Waals surface area contributed by atoms with Crippen LogP contribution in [0.1, 0.15) is 25.3 Å². The molecule has 4 heterocycles. The normalized spacial score (nSPS) is 36.1. The van der Waals surface area contributed by atoms with Crippen LogP contribution in [0, 0.1) is 18.8 Å². The zero-order chi connectivity index (χ0) is 20.6. The summed E-state index contributed by atoms with van der Waals surface area (Å²) in [5.41, 5.74) is 1.33. The topological polar surface area (TPSA) is 76.2 Å². The lowest BCUT2D eigenvalue weighted by molar-refractivity contribution is -0.0736. The van der Waals surface area contributed by atoms with Crippen molar-refractivity contribution in [3.8, 4) is 0 Å². The predicted octanol–water partition coefficient (Wildman–Crippen LogP) is 2.52. The van der Waals surface area contributed by atoms with Crippen LogP contribution in [0.5, 0.6) is 0 Å². The fourth-order valence-corrected chi connectivity index (χ4v) is 7.47. The molecule has 0 unspecified atom stereocenters. The van der Waals surface area contributed by atoms with E-state index in [2.05, 4.69) is 6.58 Å². The number of rotatable bonds is 4. The van der Waals surface area contributed by atoms with Crippen LogP contribution in [0.2, 0.25) is 0 Å². The molecule has 1 spiro atoms. The monoisotopic (exact) mass is 418 g/mol. The van der Waals surface area contributed by atoms with Crippen molar-refractivity contribution in [3.63, 3.8) is 0 Å². The lowest BCUT2D eigenvalue weighted by Gasteiger charge is -2.47. The summed E-state index contributed by atoms with van der Waals surface area (Å²) >= 11 is 0. The van der Waals surface area contributed by atoms with Gasteiger partial charge in [0.1, 0.15) is 5.54 Å². The van der Waals surface area contributed by atoms with E-state index in [4.69, 9.17) is 9.47 Å². The number of allylic oxidation sites excluding steroid dienone is 1. The van der Waals surface area contributed by atoms with Crippen molar-refractivity contribution in [2.45, 2.75) is 49.5 Å². The number of sulfonamides is 1. The summed E-state index contributed by atoms with van der Waals surface area (Å²) in [5.74, 6) is 0.379. The highest BCUT2D eigenvalue weighted by molar-refractivity contribution is 7.89. The molecule has 1 aromatic rings. The molecule has 8 heteroatoms. The standard InChI is InChI=1S/C21H26N2O5S/c1-13(2)10-15-11-22-20(24)28-18-12-27-19-21(18,22)17(15)8-9-23(19)29(25,26)16-6-4-14(3)5-7-16/h4-7,15,17-19H,1,8-12H2,2-3H3/t15-,17-,18-,19-,21-/m0/s1. The second-order valence-corrected chi connectivity index (χ2v) is 10.7. The maximum absolute atomic E-state index is 13.5. The molecular weight excluding hydrogens is 392 g/mol. The maximum Gasteiger partial charge on any atom is 0.410 e. The van der Waals surface area contributed by atoms with Crippen molar-refractivity contribution in [3.05, 3.63) is 42.0 Å². The third-order valence-electron chi connectivity index (χ3n) is 6.99. The molecule has 156 valence electrons. The Morgan fingerprint density at radius 3 is 2.72 bits per heavy atom. The third kappa shape index (κ3) is 2.49. The van der Waals surface area contributed by atoms with E-state index in [1.807, 2.05) is 13.8 Å². The first-order valence-corrected chi connectivity index (χ1v) is 11.5. The molecule has 1 amide bonds. The van der Waals surface area contributed by atoms with Crippen molar-refractivity contribution in [2.24, 2.45) is 11.8 Å². The van der Waals surface area contributed by atoms with Crippen LogP contribution in [0.4, 0.5) is 4.79 Å². The molecule has 0 radical (unpaired) electrons. The van der Waals surface area contributed by atoms with E-state index in [1.165, 1.54) is 4.31 Å². The molecule has 0 saturated carbocycles. The Labute approximate surface area is 171 Å². The number of hydrogen-bond acceptors (Lipinski definition) is 5. The van der Waals surface area contributed by atoms with E-state index in [9.17, 15) is 13.2 Å². The van der Waals surface area contributed by atoms with Crippen LogP contribution in [0.25, 0.3) is 0 Å². The van der Waals surface area contributed by atoms with E-state index in [1.54, 1.807) is 29.2 Å². The fraction of sp³-hybridized carbons (Fsp3) is 0.571. The molecule has 4 saturated heterocycles. The van der Waals surface area contributed by atoms with E-state index < -0.39 is 27.9 Å². The number of ether oxygens (including phenoxy) is 2. The van der Waals surface area contributed by atoms with Gasteiger partial charge in [-0.05, 0) is 50.7 Å². The molecule has 4 aliphatic rings. The zero-order valence-corrected chi connectivity index (χ0v) is 17.5. The van der Waals surface area contributed by atoms with Gasteiger partial charge in [0, 0.05) is 13.1 Å². The highest BCUT2D eigenvalue weighted by Crippen LogP contribution is 2.58. The van der Waals surface area contributed by atoms with Gasteiger partial charge in [0.15, 0.2) is 12.3 Å². The number of benzene rings is 1. The van der Waals surface area contributed by atoms with Crippen LogP contribution in [0.15, 0.2) is 41.3 Å². The van der Waals surface area contributed by atoms with Crippen LogP contribution in [-0.4, -0.2) is 61.3 Å². The molecule has 29 heavy (non-hydrogen) atoms. The van der Waals surface area contributed by atoms with Gasteiger partial charge in [0.25, 0.3) is 0 Å². The molecule has 4 fully saturated rings. The minimum absolute atomic E-state index is 0.132. The van der Waals surface area contributed by atoms with E-state index in [0.717, 1.165) is 17.6 Å². The minimum atomic E-state index is -3.76. The average molecular weight is 419 g/mol. The first-order chi connectivity index (χ1) is 13.8. The van der Waals surface area contributed by atoms with Gasteiger partial charge in [-0.3, -0.25) is 4.90 Å². The molecule has 0 N–H and O–H groups in total. The van der Waals surface area contributed by atoms with Crippen molar-refractivity contribution in [2.75, 3.05) is 19.7 Å². The van der Waals surface area contributed by atoms with Crippen LogP contribution in [-0.2, 0) is 19.5 Å². The largest absolute Gasteiger partial charge is 0.441 e. The third-order valence-corrected chi connectivity index (χ3v) is 8.85. The summed E-state index contributed by atoms with van der Waals surface area (Å²) in [6.07, 6.45) is -0.0188. The molecule has 5 rings (SSSR count). The zero-order valence-electron chi connectivity index (χ0n) is 16.7. The molecule has 5 atom stereocenters. The van der Waals surface area contributed by atoms with Gasteiger partial charge in [-0.2, -0.15) is 4.31 Å². The molecular formula is C21H26N2O5S.